The average Bonchev–Trinajstić information content (AvgIpc) is 2.28. The largest absolute Gasteiger partial charge is 0.204 e. The molecule has 0 bridgehead atoms. The number of halogens is 2. The van der Waals surface area contributed by atoms with Gasteiger partial charge in [0.15, 0.2) is 11.6 Å². The fourth-order valence-corrected chi connectivity index (χ4v) is 3.04. The molecular weight excluding hydrogens is 218 g/mol. The van der Waals surface area contributed by atoms with Crippen molar-refractivity contribution in [2.24, 2.45) is 5.41 Å². The van der Waals surface area contributed by atoms with Crippen LogP contribution in [0, 0.1) is 17.0 Å². The van der Waals surface area contributed by atoms with Crippen LogP contribution < -0.4 is 0 Å². The summed E-state index contributed by atoms with van der Waals surface area (Å²) in [7, 11) is 0. The molecule has 0 saturated carbocycles. The van der Waals surface area contributed by atoms with E-state index in [2.05, 4.69) is 41.5 Å². The first kappa shape index (κ1) is 12.5. The number of benzene rings is 1. The molecule has 0 amide bonds. The van der Waals surface area contributed by atoms with Crippen molar-refractivity contribution in [3.63, 3.8) is 0 Å². The van der Waals surface area contributed by atoms with Crippen LogP contribution in [0.2, 0.25) is 0 Å². The van der Waals surface area contributed by atoms with E-state index in [9.17, 15) is 8.78 Å². The Morgan fingerprint density at radius 1 is 0.706 bits per heavy atom. The summed E-state index contributed by atoms with van der Waals surface area (Å²) >= 11 is 0. The molecule has 1 aliphatic carbocycles. The van der Waals surface area contributed by atoms with Gasteiger partial charge in [0.1, 0.15) is 0 Å². The lowest BCUT2D eigenvalue weighted by atomic mass is 9.59. The maximum absolute atomic E-state index is 13.4. The zero-order chi connectivity index (χ0) is 13.2. The summed E-state index contributed by atoms with van der Waals surface area (Å²) in [5, 5.41) is 0. The van der Waals surface area contributed by atoms with Crippen LogP contribution in [0.15, 0.2) is 12.1 Å². The third kappa shape index (κ3) is 1.27. The molecule has 1 aromatic rings. The van der Waals surface area contributed by atoms with Crippen molar-refractivity contribution in [2.45, 2.75) is 52.4 Å². The van der Waals surface area contributed by atoms with Gasteiger partial charge in [-0.25, -0.2) is 8.78 Å². The van der Waals surface area contributed by atoms with E-state index in [0.717, 1.165) is 11.1 Å². The van der Waals surface area contributed by atoms with Crippen LogP contribution in [0.1, 0.15) is 52.7 Å². The Hall–Kier alpha value is -0.920. The summed E-state index contributed by atoms with van der Waals surface area (Å²) in [6.07, 6.45) is 0. The van der Waals surface area contributed by atoms with Crippen LogP contribution in [0.5, 0.6) is 0 Å². The van der Waals surface area contributed by atoms with E-state index < -0.39 is 11.6 Å². The predicted molar refractivity (Wildman–Crippen MR) is 66.2 cm³/mol. The lowest BCUT2D eigenvalue weighted by molar-refractivity contribution is 0.125. The van der Waals surface area contributed by atoms with E-state index in [1.807, 2.05) is 0 Å². The molecule has 0 aromatic heterocycles. The van der Waals surface area contributed by atoms with E-state index >= 15 is 0 Å². The number of hydrogen-bond donors (Lipinski definition) is 0. The second kappa shape index (κ2) is 3.09. The quantitative estimate of drug-likeness (QED) is 0.621. The molecular formula is C15H20F2. The maximum Gasteiger partial charge on any atom is 0.159 e. The Bertz CT molecular complexity index is 439. The summed E-state index contributed by atoms with van der Waals surface area (Å²) in [6.45, 7) is 12.8. The highest BCUT2D eigenvalue weighted by Crippen LogP contribution is 2.61. The minimum atomic E-state index is -0.745. The van der Waals surface area contributed by atoms with Crippen molar-refractivity contribution in [1.82, 2.24) is 0 Å². The van der Waals surface area contributed by atoms with E-state index in [1.165, 1.54) is 12.1 Å². The van der Waals surface area contributed by atoms with Crippen LogP contribution in [0.25, 0.3) is 0 Å². The lowest BCUT2D eigenvalue weighted by Gasteiger charge is -2.44. The summed E-state index contributed by atoms with van der Waals surface area (Å²) in [5.41, 5.74) is 1.49. The van der Waals surface area contributed by atoms with Gasteiger partial charge in [0.25, 0.3) is 0 Å². The Morgan fingerprint density at radius 3 is 1.29 bits per heavy atom. The molecule has 0 atom stereocenters. The molecule has 0 N–H and O–H groups in total. The van der Waals surface area contributed by atoms with Gasteiger partial charge in [0.2, 0.25) is 0 Å². The fraction of sp³-hybridized carbons (Fsp3) is 0.600. The lowest BCUT2D eigenvalue weighted by Crippen LogP contribution is -2.42. The molecule has 0 spiro atoms. The highest BCUT2D eigenvalue weighted by atomic mass is 19.2. The van der Waals surface area contributed by atoms with Crippen LogP contribution >= 0.6 is 0 Å². The van der Waals surface area contributed by atoms with Crippen molar-refractivity contribution < 1.29 is 8.78 Å². The van der Waals surface area contributed by atoms with Gasteiger partial charge in [0.05, 0.1) is 0 Å². The molecule has 2 heteroatoms. The zero-order valence-electron chi connectivity index (χ0n) is 11.4. The first-order chi connectivity index (χ1) is 7.53. The van der Waals surface area contributed by atoms with Gasteiger partial charge in [0, 0.05) is 0 Å². The topological polar surface area (TPSA) is 0 Å². The highest BCUT2D eigenvalue weighted by Gasteiger charge is 2.57. The molecule has 2 rings (SSSR count). The van der Waals surface area contributed by atoms with Gasteiger partial charge < -0.3 is 0 Å². The molecule has 0 unspecified atom stereocenters. The molecule has 0 fully saturated rings. The predicted octanol–water partition coefficient (Wildman–Crippen LogP) is 4.56. The highest BCUT2D eigenvalue weighted by molar-refractivity contribution is 5.48. The summed E-state index contributed by atoms with van der Waals surface area (Å²) in [6, 6.07) is 2.75. The van der Waals surface area contributed by atoms with Crippen molar-refractivity contribution in [3.05, 3.63) is 34.9 Å². The van der Waals surface area contributed by atoms with Gasteiger partial charge in [-0.05, 0) is 39.5 Å². The van der Waals surface area contributed by atoms with Gasteiger partial charge in [-0.1, -0.05) is 41.5 Å². The summed E-state index contributed by atoms with van der Waals surface area (Å²) in [5.74, 6) is -1.49. The zero-order valence-corrected chi connectivity index (χ0v) is 11.4. The van der Waals surface area contributed by atoms with Crippen molar-refractivity contribution >= 4 is 0 Å². The Kier molecular flexibility index (Phi) is 2.28. The van der Waals surface area contributed by atoms with Gasteiger partial charge >= 0.3 is 0 Å². The summed E-state index contributed by atoms with van der Waals surface area (Å²) in [4.78, 5) is 0. The Labute approximate surface area is 102 Å². The minimum absolute atomic E-state index is 0.0530. The monoisotopic (exact) mass is 238 g/mol. The molecule has 0 aliphatic heterocycles. The van der Waals surface area contributed by atoms with E-state index in [0.29, 0.717) is 0 Å². The van der Waals surface area contributed by atoms with Crippen LogP contribution in [0.3, 0.4) is 0 Å². The maximum atomic E-state index is 13.4. The number of hydrogen-bond acceptors (Lipinski definition) is 0. The van der Waals surface area contributed by atoms with Gasteiger partial charge in [-0.3, -0.25) is 0 Å². The van der Waals surface area contributed by atoms with Crippen LogP contribution in [-0.4, -0.2) is 0 Å². The second-order valence-electron chi connectivity index (χ2n) is 6.69. The molecule has 0 saturated heterocycles. The second-order valence-corrected chi connectivity index (χ2v) is 6.69. The standard InChI is InChI=1S/C15H20F2/c1-13(2)9-7-11(16)12(17)8-10(9)14(3,4)15(13,5)6/h7-8H,1-6H3. The number of fused-ring (bicyclic) bond motifs is 1. The van der Waals surface area contributed by atoms with E-state index in [-0.39, 0.29) is 16.2 Å². The fourth-order valence-electron chi connectivity index (χ4n) is 3.04. The Morgan fingerprint density at radius 2 is 1.00 bits per heavy atom. The van der Waals surface area contributed by atoms with Gasteiger partial charge in [-0.2, -0.15) is 0 Å². The van der Waals surface area contributed by atoms with Crippen molar-refractivity contribution in [1.29, 1.82) is 0 Å². The number of rotatable bonds is 0. The van der Waals surface area contributed by atoms with Crippen molar-refractivity contribution in [2.75, 3.05) is 0 Å². The molecule has 0 nitrogen and oxygen atoms in total. The summed E-state index contributed by atoms with van der Waals surface area (Å²) < 4.78 is 26.9. The smallest absolute Gasteiger partial charge is 0.159 e. The minimum Gasteiger partial charge on any atom is -0.204 e. The van der Waals surface area contributed by atoms with Crippen molar-refractivity contribution in [3.8, 4) is 0 Å². The molecule has 0 heterocycles. The first-order valence-corrected chi connectivity index (χ1v) is 6.03. The van der Waals surface area contributed by atoms with Gasteiger partial charge in [-0.15, -0.1) is 0 Å². The molecule has 94 valence electrons. The first-order valence-electron chi connectivity index (χ1n) is 6.03. The molecule has 1 aromatic carbocycles. The Balaban J connectivity index is 2.83. The molecule has 1 aliphatic rings. The molecule has 0 radical (unpaired) electrons. The average molecular weight is 238 g/mol. The normalized spacial score (nSPS) is 23.5. The third-order valence-electron chi connectivity index (χ3n) is 5.53. The third-order valence-corrected chi connectivity index (χ3v) is 5.53. The van der Waals surface area contributed by atoms with Crippen LogP contribution in [-0.2, 0) is 10.8 Å². The van der Waals surface area contributed by atoms with E-state index in [1.54, 1.807) is 0 Å². The van der Waals surface area contributed by atoms with E-state index in [4.69, 9.17) is 0 Å². The SMILES string of the molecule is CC1(C)c2cc(F)c(F)cc2C(C)(C)C1(C)C. The van der Waals surface area contributed by atoms with Crippen LogP contribution in [0.4, 0.5) is 8.78 Å². The molecule has 17 heavy (non-hydrogen) atoms.